The van der Waals surface area contributed by atoms with E-state index in [-0.39, 0.29) is 12.5 Å². The van der Waals surface area contributed by atoms with E-state index in [1.165, 1.54) is 0 Å². The number of nitrogens with one attached hydrogen (secondary N) is 1. The summed E-state index contributed by atoms with van der Waals surface area (Å²) >= 11 is 0. The molecule has 5 nitrogen and oxygen atoms in total. The highest BCUT2D eigenvalue weighted by Gasteiger charge is 2.07. The van der Waals surface area contributed by atoms with Gasteiger partial charge < -0.3 is 20.9 Å². The van der Waals surface area contributed by atoms with Gasteiger partial charge in [0.25, 0.3) is 5.91 Å². The van der Waals surface area contributed by atoms with Crippen LogP contribution in [0.4, 0.5) is 5.69 Å². The molecule has 1 aromatic carbocycles. The highest BCUT2D eigenvalue weighted by molar-refractivity contribution is 5.95. The molecule has 0 aromatic heterocycles. The minimum Gasteiger partial charge on any atom is -0.491 e. The Bertz CT molecular complexity index is 380. The molecule has 0 saturated carbocycles. The Kier molecular flexibility index (Phi) is 5.29. The molecule has 0 spiro atoms. The molecule has 0 heterocycles. The van der Waals surface area contributed by atoms with Gasteiger partial charge in [-0.1, -0.05) is 0 Å². The number of benzene rings is 1. The van der Waals surface area contributed by atoms with Crippen LogP contribution in [0.25, 0.3) is 0 Å². The number of aliphatic hydroxyl groups excluding tert-OH is 1. The van der Waals surface area contributed by atoms with Gasteiger partial charge in [0.1, 0.15) is 5.75 Å². The molecular weight excluding hydrogens is 220 g/mol. The summed E-state index contributed by atoms with van der Waals surface area (Å²) in [6, 6.07) is 4.91. The molecule has 0 fully saturated rings. The lowest BCUT2D eigenvalue weighted by atomic mass is 10.2. The monoisotopic (exact) mass is 238 g/mol. The molecule has 0 radical (unpaired) electrons. The van der Waals surface area contributed by atoms with Crippen molar-refractivity contribution in [1.29, 1.82) is 0 Å². The Balaban J connectivity index is 2.68. The van der Waals surface area contributed by atoms with Crippen molar-refractivity contribution in [3.05, 3.63) is 23.8 Å². The van der Waals surface area contributed by atoms with Crippen molar-refractivity contribution in [2.45, 2.75) is 13.3 Å². The van der Waals surface area contributed by atoms with Crippen LogP contribution in [0.1, 0.15) is 23.7 Å². The number of carbonyl (C=O) groups excluding carboxylic acids is 1. The summed E-state index contributed by atoms with van der Waals surface area (Å²) in [5.41, 5.74) is 6.71. The first-order chi connectivity index (χ1) is 8.19. The number of hydrogen-bond donors (Lipinski definition) is 3. The number of hydrogen-bond acceptors (Lipinski definition) is 4. The second kappa shape index (κ2) is 6.75. The van der Waals surface area contributed by atoms with Crippen LogP contribution in [0.2, 0.25) is 0 Å². The molecule has 0 bridgehead atoms. The highest BCUT2D eigenvalue weighted by atomic mass is 16.5. The van der Waals surface area contributed by atoms with Crippen LogP contribution in [0.5, 0.6) is 5.75 Å². The standard InChI is InChI=1S/C12H18N2O3/c1-2-14-12(16)9-4-5-11(10(13)8-9)17-7-3-6-15/h4-5,8,15H,2-3,6-7,13H2,1H3,(H,14,16). The zero-order valence-electron chi connectivity index (χ0n) is 9.90. The van der Waals surface area contributed by atoms with Gasteiger partial charge in [-0.3, -0.25) is 4.79 Å². The van der Waals surface area contributed by atoms with Gasteiger partial charge in [0.05, 0.1) is 12.3 Å². The zero-order chi connectivity index (χ0) is 12.7. The zero-order valence-corrected chi connectivity index (χ0v) is 9.90. The van der Waals surface area contributed by atoms with E-state index < -0.39 is 0 Å². The molecule has 1 amide bonds. The van der Waals surface area contributed by atoms with Crippen molar-refractivity contribution < 1.29 is 14.6 Å². The van der Waals surface area contributed by atoms with Gasteiger partial charge >= 0.3 is 0 Å². The minimum atomic E-state index is -0.152. The smallest absolute Gasteiger partial charge is 0.251 e. The molecule has 1 aromatic rings. The summed E-state index contributed by atoms with van der Waals surface area (Å²) in [6.45, 7) is 2.92. The fourth-order valence-corrected chi connectivity index (χ4v) is 1.33. The number of nitrogens with two attached hydrogens (primary N) is 1. The van der Waals surface area contributed by atoms with E-state index in [0.717, 1.165) is 0 Å². The fraction of sp³-hybridized carbons (Fsp3) is 0.417. The van der Waals surface area contributed by atoms with Crippen LogP contribution < -0.4 is 15.8 Å². The molecule has 0 unspecified atom stereocenters. The number of rotatable bonds is 6. The lowest BCUT2D eigenvalue weighted by molar-refractivity contribution is 0.0956. The van der Waals surface area contributed by atoms with Crippen molar-refractivity contribution in [1.82, 2.24) is 5.32 Å². The van der Waals surface area contributed by atoms with Gasteiger partial charge in [0.15, 0.2) is 0 Å². The molecule has 94 valence electrons. The Labute approximate surface area is 101 Å². The van der Waals surface area contributed by atoms with Crippen LogP contribution in [-0.2, 0) is 0 Å². The van der Waals surface area contributed by atoms with Crippen molar-refractivity contribution in [3.8, 4) is 5.75 Å². The van der Waals surface area contributed by atoms with Crippen molar-refractivity contribution in [2.24, 2.45) is 0 Å². The van der Waals surface area contributed by atoms with Gasteiger partial charge in [0, 0.05) is 25.1 Å². The second-order valence-corrected chi connectivity index (χ2v) is 3.54. The van der Waals surface area contributed by atoms with Crippen LogP contribution in [-0.4, -0.2) is 30.8 Å². The van der Waals surface area contributed by atoms with Crippen molar-refractivity contribution in [3.63, 3.8) is 0 Å². The van der Waals surface area contributed by atoms with E-state index in [1.807, 2.05) is 6.92 Å². The van der Waals surface area contributed by atoms with Crippen LogP contribution in [0, 0.1) is 0 Å². The number of ether oxygens (including phenoxy) is 1. The number of anilines is 1. The van der Waals surface area contributed by atoms with E-state index in [2.05, 4.69) is 5.32 Å². The third-order valence-corrected chi connectivity index (χ3v) is 2.17. The summed E-state index contributed by atoms with van der Waals surface area (Å²) in [6.07, 6.45) is 0.553. The van der Waals surface area contributed by atoms with E-state index >= 15 is 0 Å². The van der Waals surface area contributed by atoms with Crippen LogP contribution in [0.15, 0.2) is 18.2 Å². The Morgan fingerprint density at radius 1 is 1.53 bits per heavy atom. The lowest BCUT2D eigenvalue weighted by Crippen LogP contribution is -2.22. The number of carbonyl (C=O) groups is 1. The lowest BCUT2D eigenvalue weighted by Gasteiger charge is -2.09. The normalized spacial score (nSPS) is 10.0. The van der Waals surface area contributed by atoms with Gasteiger partial charge in [0.2, 0.25) is 0 Å². The number of nitrogen functional groups attached to an aromatic ring is 1. The van der Waals surface area contributed by atoms with Crippen LogP contribution in [0.3, 0.4) is 0 Å². The van der Waals surface area contributed by atoms with Gasteiger partial charge in [-0.25, -0.2) is 0 Å². The van der Waals surface area contributed by atoms with E-state index in [1.54, 1.807) is 18.2 Å². The summed E-state index contributed by atoms with van der Waals surface area (Å²) in [7, 11) is 0. The maximum Gasteiger partial charge on any atom is 0.251 e. The Hall–Kier alpha value is -1.75. The summed E-state index contributed by atoms with van der Waals surface area (Å²) < 4.78 is 5.36. The van der Waals surface area contributed by atoms with Crippen molar-refractivity contribution >= 4 is 11.6 Å². The Morgan fingerprint density at radius 2 is 2.29 bits per heavy atom. The van der Waals surface area contributed by atoms with E-state index in [4.69, 9.17) is 15.6 Å². The fourth-order valence-electron chi connectivity index (χ4n) is 1.33. The summed E-state index contributed by atoms with van der Waals surface area (Å²) in [5.74, 6) is 0.382. The largest absolute Gasteiger partial charge is 0.491 e. The maximum atomic E-state index is 11.5. The first-order valence-electron chi connectivity index (χ1n) is 5.60. The third kappa shape index (κ3) is 3.96. The van der Waals surface area contributed by atoms with Gasteiger partial charge in [-0.05, 0) is 25.1 Å². The number of aliphatic hydroxyl groups is 1. The molecule has 0 aliphatic heterocycles. The molecule has 5 heteroatoms. The summed E-state index contributed by atoms with van der Waals surface area (Å²) in [5, 5.41) is 11.3. The first-order valence-corrected chi connectivity index (χ1v) is 5.60. The molecule has 0 atom stereocenters. The Morgan fingerprint density at radius 3 is 2.88 bits per heavy atom. The van der Waals surface area contributed by atoms with E-state index in [9.17, 15) is 4.79 Å². The first kappa shape index (κ1) is 13.3. The predicted molar refractivity (Wildman–Crippen MR) is 66.1 cm³/mol. The molecule has 0 aliphatic rings. The average Bonchev–Trinajstić information content (AvgIpc) is 2.31. The number of amides is 1. The summed E-state index contributed by atoms with van der Waals surface area (Å²) in [4.78, 5) is 11.5. The molecule has 1 rings (SSSR count). The average molecular weight is 238 g/mol. The minimum absolute atomic E-state index is 0.0803. The third-order valence-electron chi connectivity index (χ3n) is 2.17. The topological polar surface area (TPSA) is 84.6 Å². The maximum absolute atomic E-state index is 11.5. The molecule has 17 heavy (non-hydrogen) atoms. The van der Waals surface area contributed by atoms with Crippen molar-refractivity contribution in [2.75, 3.05) is 25.5 Å². The predicted octanol–water partition coefficient (Wildman–Crippen LogP) is 0.780. The quantitative estimate of drug-likeness (QED) is 0.505. The molecule has 0 aliphatic carbocycles. The van der Waals surface area contributed by atoms with Crippen LogP contribution >= 0.6 is 0 Å². The SMILES string of the molecule is CCNC(=O)c1ccc(OCCCO)c(N)c1. The van der Waals surface area contributed by atoms with Gasteiger partial charge in [-0.2, -0.15) is 0 Å². The van der Waals surface area contributed by atoms with Gasteiger partial charge in [-0.15, -0.1) is 0 Å². The van der Waals surface area contributed by atoms with E-state index in [0.29, 0.717) is 36.6 Å². The molecular formula is C12H18N2O3. The molecule has 0 saturated heterocycles. The second-order valence-electron chi connectivity index (χ2n) is 3.54. The molecule has 4 N–H and O–H groups in total. The highest BCUT2D eigenvalue weighted by Crippen LogP contribution is 2.22.